The number of aromatic nitrogens is 3. The Bertz CT molecular complexity index is 730. The molecule has 0 bridgehead atoms. The number of aliphatic hydroxyl groups excluding tert-OH is 1. The van der Waals surface area contributed by atoms with Crippen molar-refractivity contribution in [2.75, 3.05) is 26.2 Å². The molecule has 3 heterocycles. The minimum atomic E-state index is -0.359. The number of aromatic amines is 1. The van der Waals surface area contributed by atoms with Crippen LogP contribution in [0, 0.1) is 0 Å². The second-order valence-electron chi connectivity index (χ2n) is 5.38. The molecule has 8 nitrogen and oxygen atoms in total. The summed E-state index contributed by atoms with van der Waals surface area (Å²) in [5.74, 6) is -0.110. The first kappa shape index (κ1) is 14.7. The average Bonchev–Trinajstić information content (AvgIpc) is 2.96. The molecule has 1 fully saturated rings. The van der Waals surface area contributed by atoms with Gasteiger partial charge in [-0.1, -0.05) is 0 Å². The number of amides is 1. The topological polar surface area (TPSA) is 112 Å². The van der Waals surface area contributed by atoms with E-state index in [4.69, 9.17) is 5.11 Å². The molecule has 1 amide bonds. The summed E-state index contributed by atoms with van der Waals surface area (Å²) in [7, 11) is 0. The average molecular weight is 305 g/mol. The van der Waals surface area contributed by atoms with Crippen molar-refractivity contribution in [2.45, 2.75) is 18.8 Å². The Morgan fingerprint density at radius 3 is 2.95 bits per heavy atom. The van der Waals surface area contributed by atoms with Crippen molar-refractivity contribution in [1.29, 1.82) is 0 Å². The number of fused-ring (bicyclic) bond motifs is 1. The molecule has 2 aromatic rings. The molecule has 1 saturated heterocycles. The third-order valence-corrected chi connectivity index (χ3v) is 3.93. The number of nitrogens with zero attached hydrogens (tertiary/aromatic N) is 2. The lowest BCUT2D eigenvalue weighted by Crippen LogP contribution is -2.29. The summed E-state index contributed by atoms with van der Waals surface area (Å²) in [5, 5.41) is 18.9. The molecule has 0 unspecified atom stereocenters. The van der Waals surface area contributed by atoms with Crippen LogP contribution in [0.4, 0.5) is 0 Å². The van der Waals surface area contributed by atoms with Gasteiger partial charge in [0.15, 0.2) is 0 Å². The van der Waals surface area contributed by atoms with Crippen molar-refractivity contribution >= 4 is 11.6 Å². The molecule has 3 rings (SSSR count). The summed E-state index contributed by atoms with van der Waals surface area (Å²) in [4.78, 5) is 26.7. The van der Waals surface area contributed by atoms with Crippen LogP contribution in [0.2, 0.25) is 0 Å². The summed E-state index contributed by atoms with van der Waals surface area (Å²) < 4.78 is 1.64. The number of hydrogen-bond acceptors (Lipinski definition) is 5. The zero-order valence-electron chi connectivity index (χ0n) is 12.1. The second-order valence-corrected chi connectivity index (χ2v) is 5.38. The number of aliphatic hydroxyl groups is 1. The van der Waals surface area contributed by atoms with Crippen LogP contribution in [0.5, 0.6) is 0 Å². The Balaban J connectivity index is 2.02. The van der Waals surface area contributed by atoms with Crippen LogP contribution in [-0.2, 0) is 0 Å². The zero-order chi connectivity index (χ0) is 15.5. The highest BCUT2D eigenvalue weighted by Gasteiger charge is 2.22. The minimum Gasteiger partial charge on any atom is -0.395 e. The van der Waals surface area contributed by atoms with E-state index < -0.39 is 0 Å². The van der Waals surface area contributed by atoms with Crippen LogP contribution in [0.25, 0.3) is 5.65 Å². The van der Waals surface area contributed by atoms with Crippen LogP contribution in [-0.4, -0.2) is 51.9 Å². The standard InChI is InChI=1S/C14H19N5O3/c20-6-5-16-14(22)10-8-17-19-11(7-12(21)18-13(10)19)9-1-3-15-4-2-9/h7-9,15,20H,1-6H2,(H,16,22)(H,18,21). The number of rotatable bonds is 4. The molecule has 0 aliphatic carbocycles. The van der Waals surface area contributed by atoms with Gasteiger partial charge in [0, 0.05) is 18.5 Å². The van der Waals surface area contributed by atoms with Gasteiger partial charge in [0.05, 0.1) is 18.5 Å². The van der Waals surface area contributed by atoms with E-state index in [2.05, 4.69) is 20.7 Å². The summed E-state index contributed by atoms with van der Waals surface area (Å²) in [6.07, 6.45) is 3.32. The van der Waals surface area contributed by atoms with E-state index in [1.54, 1.807) is 10.6 Å². The number of carbonyl (C=O) groups is 1. The predicted molar refractivity (Wildman–Crippen MR) is 80.1 cm³/mol. The normalized spacial score (nSPS) is 16.0. The van der Waals surface area contributed by atoms with Gasteiger partial charge in [0.25, 0.3) is 11.5 Å². The maximum atomic E-state index is 12.1. The zero-order valence-corrected chi connectivity index (χ0v) is 12.1. The van der Waals surface area contributed by atoms with Gasteiger partial charge in [-0.05, 0) is 25.9 Å². The van der Waals surface area contributed by atoms with E-state index in [9.17, 15) is 9.59 Å². The molecule has 0 atom stereocenters. The highest BCUT2D eigenvalue weighted by Crippen LogP contribution is 2.24. The first-order chi connectivity index (χ1) is 10.7. The van der Waals surface area contributed by atoms with Crippen molar-refractivity contribution in [3.05, 3.63) is 33.9 Å². The fraction of sp³-hybridized carbons (Fsp3) is 0.500. The monoisotopic (exact) mass is 305 g/mol. The quantitative estimate of drug-likeness (QED) is 0.591. The van der Waals surface area contributed by atoms with E-state index in [1.165, 1.54) is 6.20 Å². The first-order valence-corrected chi connectivity index (χ1v) is 7.41. The first-order valence-electron chi connectivity index (χ1n) is 7.41. The summed E-state index contributed by atoms with van der Waals surface area (Å²) in [6.45, 7) is 1.84. The van der Waals surface area contributed by atoms with Gasteiger partial charge < -0.3 is 20.7 Å². The molecular weight excluding hydrogens is 286 g/mol. The molecule has 1 aliphatic heterocycles. The molecule has 0 radical (unpaired) electrons. The molecule has 4 N–H and O–H groups in total. The van der Waals surface area contributed by atoms with Crippen molar-refractivity contribution < 1.29 is 9.90 Å². The molecule has 2 aromatic heterocycles. The highest BCUT2D eigenvalue weighted by molar-refractivity contribution is 5.99. The molecule has 1 aliphatic rings. The van der Waals surface area contributed by atoms with Crippen LogP contribution in [0.15, 0.2) is 17.1 Å². The number of hydrogen-bond donors (Lipinski definition) is 4. The van der Waals surface area contributed by atoms with Gasteiger partial charge in [-0.25, -0.2) is 4.52 Å². The number of piperidine rings is 1. The summed E-state index contributed by atoms with van der Waals surface area (Å²) in [6, 6.07) is 1.56. The highest BCUT2D eigenvalue weighted by atomic mass is 16.3. The molecule has 22 heavy (non-hydrogen) atoms. The fourth-order valence-corrected chi connectivity index (χ4v) is 2.85. The summed E-state index contributed by atoms with van der Waals surface area (Å²) in [5.41, 5.74) is 1.30. The van der Waals surface area contributed by atoms with Crippen molar-refractivity contribution in [3.63, 3.8) is 0 Å². The van der Waals surface area contributed by atoms with Crippen LogP contribution < -0.4 is 16.2 Å². The van der Waals surface area contributed by atoms with Crippen LogP contribution >= 0.6 is 0 Å². The Hall–Kier alpha value is -2.19. The number of carbonyl (C=O) groups excluding carboxylic acids is 1. The Morgan fingerprint density at radius 2 is 2.23 bits per heavy atom. The molecular formula is C14H19N5O3. The Kier molecular flexibility index (Phi) is 4.21. The van der Waals surface area contributed by atoms with Crippen LogP contribution in [0.1, 0.15) is 34.8 Å². The largest absolute Gasteiger partial charge is 0.395 e. The van der Waals surface area contributed by atoms with Gasteiger partial charge in [-0.2, -0.15) is 5.10 Å². The maximum Gasteiger partial charge on any atom is 0.256 e. The molecule has 118 valence electrons. The molecule has 0 aromatic carbocycles. The van der Waals surface area contributed by atoms with Gasteiger partial charge in [0.2, 0.25) is 0 Å². The smallest absolute Gasteiger partial charge is 0.256 e. The lowest BCUT2D eigenvalue weighted by Gasteiger charge is -2.23. The van der Waals surface area contributed by atoms with Gasteiger partial charge in [-0.15, -0.1) is 0 Å². The van der Waals surface area contributed by atoms with E-state index in [1.807, 2.05) is 0 Å². The van der Waals surface area contributed by atoms with Crippen LogP contribution in [0.3, 0.4) is 0 Å². The second kappa shape index (κ2) is 6.29. The maximum absolute atomic E-state index is 12.1. The number of H-pyrrole nitrogens is 1. The van der Waals surface area contributed by atoms with E-state index in [0.717, 1.165) is 31.6 Å². The Morgan fingerprint density at radius 1 is 1.45 bits per heavy atom. The van der Waals surface area contributed by atoms with E-state index >= 15 is 0 Å². The Labute approximate surface area is 126 Å². The van der Waals surface area contributed by atoms with Crippen molar-refractivity contribution in [2.24, 2.45) is 0 Å². The van der Waals surface area contributed by atoms with Crippen molar-refractivity contribution in [3.8, 4) is 0 Å². The minimum absolute atomic E-state index is 0.137. The lowest BCUT2D eigenvalue weighted by atomic mass is 9.94. The lowest BCUT2D eigenvalue weighted by molar-refractivity contribution is 0.0946. The molecule has 0 saturated carbocycles. The predicted octanol–water partition coefficient (Wildman–Crippen LogP) is -0.788. The van der Waals surface area contributed by atoms with Gasteiger partial charge in [0.1, 0.15) is 11.2 Å². The fourth-order valence-electron chi connectivity index (χ4n) is 2.85. The third-order valence-electron chi connectivity index (χ3n) is 3.93. The molecule has 0 spiro atoms. The summed E-state index contributed by atoms with van der Waals surface area (Å²) >= 11 is 0. The van der Waals surface area contributed by atoms with E-state index in [0.29, 0.717) is 11.2 Å². The SMILES string of the molecule is O=C(NCCO)c1cnn2c(C3CCNCC3)cc(=O)[nH]c12. The molecule has 8 heteroatoms. The van der Waals surface area contributed by atoms with Gasteiger partial charge >= 0.3 is 0 Å². The van der Waals surface area contributed by atoms with E-state index in [-0.39, 0.29) is 30.5 Å². The third kappa shape index (κ3) is 2.75. The van der Waals surface area contributed by atoms with Crippen molar-refractivity contribution in [1.82, 2.24) is 25.2 Å². The van der Waals surface area contributed by atoms with Gasteiger partial charge in [-0.3, -0.25) is 9.59 Å². The number of nitrogens with one attached hydrogen (secondary N) is 3.